The summed E-state index contributed by atoms with van der Waals surface area (Å²) in [5, 5.41) is 8.69. The van der Waals surface area contributed by atoms with E-state index in [-0.39, 0.29) is 22.2 Å². The molecule has 1 atom stereocenters. The summed E-state index contributed by atoms with van der Waals surface area (Å²) in [6.07, 6.45) is -0.301. The molecule has 1 unspecified atom stereocenters. The summed E-state index contributed by atoms with van der Waals surface area (Å²) in [7, 11) is -2.39. The molecule has 0 saturated carbocycles. The molecule has 0 fully saturated rings. The summed E-state index contributed by atoms with van der Waals surface area (Å²) in [5.74, 6) is -1.80. The fourth-order valence-electron chi connectivity index (χ4n) is 1.03. The number of hydrogen-bond acceptors (Lipinski definition) is 5. The van der Waals surface area contributed by atoms with Gasteiger partial charge in [0.15, 0.2) is 4.67 Å². The first-order valence-corrected chi connectivity index (χ1v) is 7.10. The number of rotatable bonds is 6. The Bertz CT molecular complexity index is 537. The topological polar surface area (TPSA) is 106 Å². The van der Waals surface area contributed by atoms with E-state index in [2.05, 4.69) is 20.7 Å². The monoisotopic (exact) mass is 341 g/mol. The summed E-state index contributed by atoms with van der Waals surface area (Å²) >= 11 is 2.86. The lowest BCUT2D eigenvalue weighted by molar-refractivity contribution is 0.0661. The summed E-state index contributed by atoms with van der Waals surface area (Å²) in [6.45, 7) is 1.76. The smallest absolute Gasteiger partial charge is 0.371 e. The van der Waals surface area contributed by atoms with Gasteiger partial charge in [0.1, 0.15) is 4.90 Å². The molecule has 1 rings (SSSR count). The second-order valence-electron chi connectivity index (χ2n) is 3.45. The van der Waals surface area contributed by atoms with Crippen LogP contribution in [0.15, 0.2) is 20.0 Å². The minimum Gasteiger partial charge on any atom is -0.475 e. The van der Waals surface area contributed by atoms with E-state index in [1.807, 2.05) is 0 Å². The first-order chi connectivity index (χ1) is 8.27. The third-order valence-corrected chi connectivity index (χ3v) is 4.40. The molecular weight excluding hydrogens is 330 g/mol. The van der Waals surface area contributed by atoms with E-state index in [4.69, 9.17) is 14.3 Å². The molecule has 0 spiro atoms. The molecule has 0 amide bonds. The van der Waals surface area contributed by atoms with Gasteiger partial charge in [-0.05, 0) is 22.9 Å². The molecule has 18 heavy (non-hydrogen) atoms. The van der Waals surface area contributed by atoms with Gasteiger partial charge in [-0.2, -0.15) is 0 Å². The number of aromatic carboxylic acids is 1. The van der Waals surface area contributed by atoms with Crippen molar-refractivity contribution in [1.82, 2.24) is 4.72 Å². The maximum Gasteiger partial charge on any atom is 0.371 e. The Balaban J connectivity index is 2.95. The first-order valence-electron chi connectivity index (χ1n) is 4.83. The Labute approximate surface area is 112 Å². The maximum absolute atomic E-state index is 11.9. The van der Waals surface area contributed by atoms with Crippen molar-refractivity contribution < 1.29 is 27.5 Å². The number of carboxylic acids is 1. The van der Waals surface area contributed by atoms with Gasteiger partial charge in [0.25, 0.3) is 0 Å². The summed E-state index contributed by atoms with van der Waals surface area (Å²) < 4.78 is 35.5. The van der Waals surface area contributed by atoms with Crippen LogP contribution in [0.5, 0.6) is 0 Å². The molecule has 102 valence electrons. The molecule has 0 aromatic carbocycles. The van der Waals surface area contributed by atoms with Crippen molar-refractivity contribution in [3.05, 3.63) is 16.5 Å². The molecule has 0 aliphatic rings. The highest BCUT2D eigenvalue weighted by molar-refractivity contribution is 9.10. The molecule has 1 aromatic heterocycles. The van der Waals surface area contributed by atoms with Crippen LogP contribution in [0.3, 0.4) is 0 Å². The number of sulfonamides is 1. The van der Waals surface area contributed by atoms with Gasteiger partial charge in [0.05, 0.1) is 6.10 Å². The predicted octanol–water partition coefficient (Wildman–Crippen LogP) is 1.05. The van der Waals surface area contributed by atoms with Gasteiger partial charge in [0.2, 0.25) is 15.8 Å². The molecule has 9 heteroatoms. The zero-order valence-electron chi connectivity index (χ0n) is 9.64. The van der Waals surface area contributed by atoms with Gasteiger partial charge in [-0.1, -0.05) is 0 Å². The number of hydrogen-bond donors (Lipinski definition) is 2. The third-order valence-electron chi connectivity index (χ3n) is 2.12. The molecule has 0 bridgehead atoms. The zero-order chi connectivity index (χ0) is 13.9. The second-order valence-corrected chi connectivity index (χ2v) is 5.91. The molecule has 1 aromatic rings. The average molecular weight is 342 g/mol. The van der Waals surface area contributed by atoms with Gasteiger partial charge in [-0.15, -0.1) is 0 Å². The van der Waals surface area contributed by atoms with Crippen LogP contribution in [0, 0.1) is 0 Å². The normalized spacial score (nSPS) is 13.5. The third kappa shape index (κ3) is 3.55. The van der Waals surface area contributed by atoms with Crippen LogP contribution in [-0.2, 0) is 14.8 Å². The molecule has 1 heterocycles. The van der Waals surface area contributed by atoms with Crippen molar-refractivity contribution in [2.75, 3.05) is 13.7 Å². The number of carbonyl (C=O) groups is 1. The van der Waals surface area contributed by atoms with E-state index < -0.39 is 21.8 Å². The molecule has 0 saturated heterocycles. The van der Waals surface area contributed by atoms with E-state index in [1.165, 1.54) is 7.11 Å². The molecule has 7 nitrogen and oxygen atoms in total. The molecule has 2 N–H and O–H groups in total. The van der Waals surface area contributed by atoms with Crippen molar-refractivity contribution >= 4 is 31.9 Å². The Morgan fingerprint density at radius 3 is 2.72 bits per heavy atom. The van der Waals surface area contributed by atoms with Gasteiger partial charge >= 0.3 is 5.97 Å². The fraction of sp³-hybridized carbons (Fsp3) is 0.444. The summed E-state index contributed by atoms with van der Waals surface area (Å²) in [4.78, 5) is 10.4. The minimum absolute atomic E-state index is 0.0683. The standard InChI is InChI=1S/C9H12BrNO6S/c1-5(16-2)4-11-18(14,15)7-3-6(9(12)13)17-8(7)10/h3,5,11H,4H2,1-2H3,(H,12,13). The highest BCUT2D eigenvalue weighted by Gasteiger charge is 2.25. The number of methoxy groups -OCH3 is 1. The quantitative estimate of drug-likeness (QED) is 0.801. The van der Waals surface area contributed by atoms with Gasteiger partial charge in [-0.25, -0.2) is 17.9 Å². The number of nitrogens with one attached hydrogen (secondary N) is 1. The van der Waals surface area contributed by atoms with E-state index >= 15 is 0 Å². The van der Waals surface area contributed by atoms with Crippen LogP contribution in [-0.4, -0.2) is 39.3 Å². The van der Waals surface area contributed by atoms with Crippen LogP contribution in [0.25, 0.3) is 0 Å². The number of carboxylic acid groups (broad SMARTS) is 1. The predicted molar refractivity (Wildman–Crippen MR) is 65.0 cm³/mol. The van der Waals surface area contributed by atoms with Crippen molar-refractivity contribution in [2.45, 2.75) is 17.9 Å². The van der Waals surface area contributed by atoms with Crippen LogP contribution >= 0.6 is 15.9 Å². The van der Waals surface area contributed by atoms with Crippen LogP contribution < -0.4 is 4.72 Å². The number of ether oxygens (including phenoxy) is 1. The highest BCUT2D eigenvalue weighted by Crippen LogP contribution is 2.25. The van der Waals surface area contributed by atoms with Crippen molar-refractivity contribution in [3.63, 3.8) is 0 Å². The molecular formula is C9H12BrNO6S. The van der Waals surface area contributed by atoms with E-state index in [0.29, 0.717) is 0 Å². The Hall–Kier alpha value is -0.900. The minimum atomic E-state index is -3.84. The average Bonchev–Trinajstić information content (AvgIpc) is 2.69. The Morgan fingerprint density at radius 2 is 2.28 bits per heavy atom. The van der Waals surface area contributed by atoms with Gasteiger partial charge < -0.3 is 14.3 Å². The van der Waals surface area contributed by atoms with Crippen molar-refractivity contribution in [2.24, 2.45) is 0 Å². The fourth-order valence-corrected chi connectivity index (χ4v) is 3.08. The highest BCUT2D eigenvalue weighted by atomic mass is 79.9. The lowest BCUT2D eigenvalue weighted by Gasteiger charge is -2.10. The van der Waals surface area contributed by atoms with E-state index in [1.54, 1.807) is 6.92 Å². The number of furan rings is 1. The number of halogens is 1. The molecule has 0 aliphatic carbocycles. The molecule has 0 radical (unpaired) electrons. The summed E-state index contributed by atoms with van der Waals surface area (Å²) in [5.41, 5.74) is 0. The van der Waals surface area contributed by atoms with Crippen LogP contribution in [0.1, 0.15) is 17.5 Å². The zero-order valence-corrected chi connectivity index (χ0v) is 12.0. The summed E-state index contributed by atoms with van der Waals surface area (Å²) in [6, 6.07) is 0.937. The van der Waals surface area contributed by atoms with Crippen LogP contribution in [0.2, 0.25) is 0 Å². The van der Waals surface area contributed by atoms with Crippen molar-refractivity contribution in [3.8, 4) is 0 Å². The lowest BCUT2D eigenvalue weighted by Crippen LogP contribution is -2.31. The van der Waals surface area contributed by atoms with E-state index in [9.17, 15) is 13.2 Å². The maximum atomic E-state index is 11.9. The Kier molecular flexibility index (Phi) is 4.91. The largest absolute Gasteiger partial charge is 0.475 e. The van der Waals surface area contributed by atoms with Gasteiger partial charge in [-0.3, -0.25) is 0 Å². The lowest BCUT2D eigenvalue weighted by atomic mass is 10.4. The van der Waals surface area contributed by atoms with Crippen molar-refractivity contribution in [1.29, 1.82) is 0 Å². The van der Waals surface area contributed by atoms with Crippen LogP contribution in [0.4, 0.5) is 0 Å². The van der Waals surface area contributed by atoms with E-state index in [0.717, 1.165) is 6.07 Å². The second kappa shape index (κ2) is 5.83. The molecule has 0 aliphatic heterocycles. The van der Waals surface area contributed by atoms with Gasteiger partial charge in [0, 0.05) is 19.7 Å². The SMILES string of the molecule is COC(C)CNS(=O)(=O)c1cc(C(=O)O)oc1Br. The Morgan fingerprint density at radius 1 is 1.67 bits per heavy atom. The first kappa shape index (κ1) is 15.2.